The fourth-order valence-electron chi connectivity index (χ4n) is 3.16. The predicted molar refractivity (Wildman–Crippen MR) is 120 cm³/mol. The van der Waals surface area contributed by atoms with Crippen molar-refractivity contribution in [1.82, 2.24) is 9.97 Å². The molecule has 166 valence electrons. The number of nitrogens with zero attached hydrogens (tertiary/aromatic N) is 2. The van der Waals surface area contributed by atoms with E-state index in [1.54, 1.807) is 60.7 Å². The van der Waals surface area contributed by atoms with Crippen LogP contribution in [0.1, 0.15) is 17.8 Å². The molecule has 9 nitrogen and oxygen atoms in total. The van der Waals surface area contributed by atoms with Crippen molar-refractivity contribution in [3.63, 3.8) is 0 Å². The number of hydrogen-bond acceptors (Lipinski definition) is 7. The Bertz CT molecular complexity index is 1360. The van der Waals surface area contributed by atoms with Crippen LogP contribution >= 0.6 is 0 Å². The monoisotopic (exact) mass is 445 g/mol. The molecule has 9 heteroatoms. The maximum atomic E-state index is 12.1. The maximum absolute atomic E-state index is 12.1. The lowest BCUT2D eigenvalue weighted by Crippen LogP contribution is -2.13. The van der Waals surface area contributed by atoms with Gasteiger partial charge in [0.05, 0.1) is 28.3 Å². The number of fused-ring (bicyclic) bond motifs is 1. The number of carbonyl (C=O) groups excluding carboxylic acids is 1. The first-order valence-electron chi connectivity index (χ1n) is 10.1. The van der Waals surface area contributed by atoms with E-state index in [9.17, 15) is 19.7 Å². The average molecular weight is 445 g/mol. The Morgan fingerprint density at radius 2 is 1.79 bits per heavy atom. The Morgan fingerprint density at radius 3 is 2.58 bits per heavy atom. The van der Waals surface area contributed by atoms with Crippen molar-refractivity contribution in [2.75, 3.05) is 0 Å². The third-order valence-electron chi connectivity index (χ3n) is 4.82. The molecule has 0 saturated heterocycles. The summed E-state index contributed by atoms with van der Waals surface area (Å²) in [6.45, 7) is 0.0809. The molecule has 3 aromatic carbocycles. The van der Waals surface area contributed by atoms with Gasteiger partial charge in [-0.05, 0) is 35.9 Å². The number of H-pyrrole nitrogens is 1. The minimum atomic E-state index is -0.488. The van der Waals surface area contributed by atoms with Crippen molar-refractivity contribution < 1.29 is 19.2 Å². The number of non-ortho nitro benzene ring substituents is 1. The van der Waals surface area contributed by atoms with E-state index in [2.05, 4.69) is 9.97 Å². The highest BCUT2D eigenvalue weighted by molar-refractivity contribution is 5.77. The molecule has 4 aromatic rings. The normalized spacial score (nSPS) is 10.7. The highest BCUT2D eigenvalue weighted by Crippen LogP contribution is 2.25. The molecule has 0 amide bonds. The summed E-state index contributed by atoms with van der Waals surface area (Å²) in [5.74, 6) is 0.863. The van der Waals surface area contributed by atoms with Crippen molar-refractivity contribution in [2.45, 2.75) is 19.4 Å². The van der Waals surface area contributed by atoms with Gasteiger partial charge < -0.3 is 14.5 Å². The van der Waals surface area contributed by atoms with Crippen LogP contribution in [0.25, 0.3) is 10.9 Å². The maximum Gasteiger partial charge on any atom is 0.306 e. The van der Waals surface area contributed by atoms with E-state index in [4.69, 9.17) is 9.47 Å². The molecule has 0 saturated carbocycles. The van der Waals surface area contributed by atoms with Gasteiger partial charge in [-0.25, -0.2) is 4.98 Å². The summed E-state index contributed by atoms with van der Waals surface area (Å²) in [4.78, 5) is 41.6. The van der Waals surface area contributed by atoms with Gasteiger partial charge in [-0.1, -0.05) is 30.3 Å². The number of esters is 1. The van der Waals surface area contributed by atoms with Crippen LogP contribution in [0, 0.1) is 10.1 Å². The molecular formula is C24H19N3O6. The molecule has 0 aliphatic rings. The van der Waals surface area contributed by atoms with E-state index in [-0.39, 0.29) is 30.7 Å². The van der Waals surface area contributed by atoms with E-state index in [0.29, 0.717) is 28.2 Å². The number of nitro benzene ring substituents is 1. The van der Waals surface area contributed by atoms with Crippen molar-refractivity contribution in [3.05, 3.63) is 105 Å². The number of rotatable bonds is 8. The molecule has 4 rings (SSSR count). The number of nitrogens with one attached hydrogen (secondary N) is 1. The number of ether oxygens (including phenoxy) is 2. The molecule has 1 heterocycles. The van der Waals surface area contributed by atoms with Gasteiger partial charge in [-0.3, -0.25) is 19.7 Å². The van der Waals surface area contributed by atoms with Gasteiger partial charge in [0, 0.05) is 12.5 Å². The number of benzene rings is 3. The summed E-state index contributed by atoms with van der Waals surface area (Å²) in [6.07, 6.45) is 0.337. The molecule has 0 bridgehead atoms. The van der Waals surface area contributed by atoms with E-state index in [1.807, 2.05) is 0 Å². The predicted octanol–water partition coefficient (Wildman–Crippen LogP) is 4.30. The second-order valence-corrected chi connectivity index (χ2v) is 7.19. The summed E-state index contributed by atoms with van der Waals surface area (Å²) in [5, 5.41) is 11.4. The second kappa shape index (κ2) is 9.73. The van der Waals surface area contributed by atoms with E-state index in [0.717, 1.165) is 5.56 Å². The Balaban J connectivity index is 1.28. The van der Waals surface area contributed by atoms with E-state index < -0.39 is 10.9 Å². The zero-order chi connectivity index (χ0) is 23.2. The number of nitro groups is 1. The van der Waals surface area contributed by atoms with Crippen LogP contribution in [0.2, 0.25) is 0 Å². The Labute approximate surface area is 187 Å². The third-order valence-corrected chi connectivity index (χ3v) is 4.82. The van der Waals surface area contributed by atoms with Gasteiger partial charge in [-0.2, -0.15) is 0 Å². The lowest BCUT2D eigenvalue weighted by atomic mass is 10.2. The molecule has 0 aliphatic carbocycles. The smallest absolute Gasteiger partial charge is 0.306 e. The van der Waals surface area contributed by atoms with Crippen LogP contribution in [0.5, 0.6) is 11.5 Å². The molecule has 0 radical (unpaired) electrons. The summed E-state index contributed by atoms with van der Waals surface area (Å²) >= 11 is 0. The number of aryl methyl sites for hydroxylation is 1. The van der Waals surface area contributed by atoms with Gasteiger partial charge in [0.2, 0.25) is 0 Å². The van der Waals surface area contributed by atoms with Gasteiger partial charge in [0.25, 0.3) is 11.2 Å². The first-order chi connectivity index (χ1) is 16.0. The van der Waals surface area contributed by atoms with Crippen LogP contribution in [0.15, 0.2) is 77.6 Å². The summed E-state index contributed by atoms with van der Waals surface area (Å²) in [6, 6.07) is 19.8. The minimum absolute atomic E-state index is 0.0565. The Kier molecular flexibility index (Phi) is 6.40. The lowest BCUT2D eigenvalue weighted by Gasteiger charge is -2.08. The summed E-state index contributed by atoms with van der Waals surface area (Å²) < 4.78 is 10.9. The lowest BCUT2D eigenvalue weighted by molar-refractivity contribution is -0.384. The number of hydrogen-bond donors (Lipinski definition) is 1. The Morgan fingerprint density at radius 1 is 1.00 bits per heavy atom. The standard InChI is InChI=1S/C24H19N3O6/c28-23(13-12-22-25-21-7-2-1-6-20(21)24(29)26-22)32-15-16-8-10-18(11-9-16)33-19-5-3-4-17(14-19)27(30)31/h1-11,14H,12-13,15H2,(H,25,26,29). The van der Waals surface area contributed by atoms with Gasteiger partial charge in [-0.15, -0.1) is 0 Å². The zero-order valence-corrected chi connectivity index (χ0v) is 17.4. The first kappa shape index (κ1) is 21.7. The van der Waals surface area contributed by atoms with Crippen LogP contribution < -0.4 is 10.3 Å². The number of para-hydroxylation sites is 1. The number of aromatic nitrogens is 2. The quantitative estimate of drug-likeness (QED) is 0.243. The minimum Gasteiger partial charge on any atom is -0.461 e. The largest absolute Gasteiger partial charge is 0.461 e. The van der Waals surface area contributed by atoms with Crippen molar-refractivity contribution >= 4 is 22.6 Å². The molecule has 0 aliphatic heterocycles. The van der Waals surface area contributed by atoms with Crippen LogP contribution in [-0.2, 0) is 22.6 Å². The molecule has 1 aromatic heterocycles. The zero-order valence-electron chi connectivity index (χ0n) is 17.4. The number of aromatic amines is 1. The molecular weight excluding hydrogens is 426 g/mol. The highest BCUT2D eigenvalue weighted by Gasteiger charge is 2.09. The molecule has 0 atom stereocenters. The fraction of sp³-hybridized carbons (Fsp3) is 0.125. The molecule has 0 unspecified atom stereocenters. The summed E-state index contributed by atoms with van der Waals surface area (Å²) in [5.41, 5.74) is 1.04. The van der Waals surface area contributed by atoms with Crippen LogP contribution in [-0.4, -0.2) is 20.9 Å². The van der Waals surface area contributed by atoms with Crippen molar-refractivity contribution in [1.29, 1.82) is 0 Å². The Hall–Kier alpha value is -4.53. The van der Waals surface area contributed by atoms with Gasteiger partial charge in [0.1, 0.15) is 23.9 Å². The van der Waals surface area contributed by atoms with Crippen LogP contribution in [0.3, 0.4) is 0 Å². The van der Waals surface area contributed by atoms with Crippen LogP contribution in [0.4, 0.5) is 5.69 Å². The van der Waals surface area contributed by atoms with E-state index in [1.165, 1.54) is 12.1 Å². The fourth-order valence-corrected chi connectivity index (χ4v) is 3.16. The highest BCUT2D eigenvalue weighted by atomic mass is 16.6. The van der Waals surface area contributed by atoms with E-state index >= 15 is 0 Å². The number of carbonyl (C=O) groups is 1. The second-order valence-electron chi connectivity index (χ2n) is 7.19. The van der Waals surface area contributed by atoms with Gasteiger partial charge in [0.15, 0.2) is 0 Å². The van der Waals surface area contributed by atoms with Crippen molar-refractivity contribution in [2.24, 2.45) is 0 Å². The molecule has 0 spiro atoms. The topological polar surface area (TPSA) is 124 Å². The molecule has 33 heavy (non-hydrogen) atoms. The average Bonchev–Trinajstić information content (AvgIpc) is 2.82. The summed E-state index contributed by atoms with van der Waals surface area (Å²) in [7, 11) is 0. The first-order valence-corrected chi connectivity index (χ1v) is 10.1. The van der Waals surface area contributed by atoms with Gasteiger partial charge >= 0.3 is 5.97 Å². The third kappa shape index (κ3) is 5.59. The SMILES string of the molecule is O=C(CCc1nc2ccccc2c(=O)[nH]1)OCc1ccc(Oc2cccc([N+](=O)[O-])c2)cc1. The van der Waals surface area contributed by atoms with Crippen molar-refractivity contribution in [3.8, 4) is 11.5 Å². The molecule has 0 fully saturated rings. The molecule has 1 N–H and O–H groups in total.